The first-order valence-electron chi connectivity index (χ1n) is 7.61. The molecule has 112 valence electrons. The second kappa shape index (κ2) is 4.73. The van der Waals surface area contributed by atoms with E-state index in [1.165, 1.54) is 12.8 Å². The van der Waals surface area contributed by atoms with Gasteiger partial charge in [0.25, 0.3) is 0 Å². The number of nitrogens with zero attached hydrogens (tertiary/aromatic N) is 2. The molecule has 1 aliphatic rings. The van der Waals surface area contributed by atoms with E-state index in [1.807, 2.05) is 48.0 Å². The molecule has 3 N–H and O–H groups in total. The lowest BCUT2D eigenvalue weighted by atomic mass is 10.1. The van der Waals surface area contributed by atoms with Gasteiger partial charge < -0.3 is 5.73 Å². The number of fused-ring (bicyclic) bond motifs is 1. The van der Waals surface area contributed by atoms with Crippen LogP contribution in [0, 0.1) is 5.92 Å². The molecule has 2 heterocycles. The van der Waals surface area contributed by atoms with E-state index < -0.39 is 0 Å². The van der Waals surface area contributed by atoms with Crippen molar-refractivity contribution in [1.82, 2.24) is 9.13 Å². The average molecular weight is 295 g/mol. The molecular weight excluding hydrogens is 276 g/mol. The number of nitrogen functional groups attached to an aromatic ring is 1. The molecule has 0 amide bonds. The lowest BCUT2D eigenvalue weighted by Gasteiger charge is -2.01. The maximum Gasteiger partial charge on any atom is 0.416 e. The molecule has 1 aliphatic carbocycles. The summed E-state index contributed by atoms with van der Waals surface area (Å²) in [5.74, 6) is 0.664. The van der Waals surface area contributed by atoms with Crippen LogP contribution >= 0.6 is 0 Å². The Morgan fingerprint density at radius 1 is 1.27 bits per heavy atom. The number of nitrogens with one attached hydrogen (secondary N) is 1. The molecule has 0 saturated heterocycles. The van der Waals surface area contributed by atoms with Crippen LogP contribution in [0.4, 0.5) is 5.69 Å². The van der Waals surface area contributed by atoms with Crippen molar-refractivity contribution in [2.75, 3.05) is 5.73 Å². The lowest BCUT2D eigenvalue weighted by Crippen LogP contribution is -2.23. The van der Waals surface area contributed by atoms with Crippen LogP contribution in [0.1, 0.15) is 12.8 Å². The fourth-order valence-electron chi connectivity index (χ4n) is 2.94. The van der Waals surface area contributed by atoms with Gasteiger partial charge in [0.2, 0.25) is 0 Å². The van der Waals surface area contributed by atoms with E-state index in [0.29, 0.717) is 5.92 Å². The summed E-state index contributed by atoms with van der Waals surface area (Å²) in [6, 6.07) is 11.8. The number of aryl methyl sites for hydroxylation is 1. The molecule has 0 unspecified atom stereocenters. The van der Waals surface area contributed by atoms with Crippen LogP contribution in [-0.2, 0) is 13.6 Å². The molecule has 5 nitrogen and oxygen atoms in total. The molecule has 0 radical (unpaired) electrons. The van der Waals surface area contributed by atoms with Gasteiger partial charge in [-0.1, -0.05) is 12.1 Å². The zero-order valence-corrected chi connectivity index (χ0v) is 12.5. The van der Waals surface area contributed by atoms with Crippen LogP contribution in [-0.4, -0.2) is 9.13 Å². The Kier molecular flexibility index (Phi) is 2.82. The second-order valence-electron chi connectivity index (χ2n) is 6.13. The topological polar surface area (TPSA) is 67.1 Å². The molecular formula is C17H19N4O+. The summed E-state index contributed by atoms with van der Waals surface area (Å²) in [4.78, 5) is 15.8. The van der Waals surface area contributed by atoms with E-state index in [4.69, 9.17) is 5.73 Å². The van der Waals surface area contributed by atoms with Gasteiger partial charge in [0.05, 0.1) is 7.05 Å². The van der Waals surface area contributed by atoms with E-state index in [2.05, 4.69) is 4.98 Å². The van der Waals surface area contributed by atoms with Crippen LogP contribution in [0.5, 0.6) is 0 Å². The third-order valence-electron chi connectivity index (χ3n) is 4.38. The van der Waals surface area contributed by atoms with Crippen molar-refractivity contribution >= 4 is 16.9 Å². The highest BCUT2D eigenvalue weighted by Gasteiger charge is 2.26. The van der Waals surface area contributed by atoms with Crippen molar-refractivity contribution in [2.24, 2.45) is 13.0 Å². The number of anilines is 1. The first kappa shape index (κ1) is 13.1. The zero-order valence-electron chi connectivity index (χ0n) is 12.5. The number of hydrogen-bond acceptors (Lipinski definition) is 2. The minimum absolute atomic E-state index is 0.0443. The minimum atomic E-state index is 0.0443. The van der Waals surface area contributed by atoms with Crippen molar-refractivity contribution < 1.29 is 4.98 Å². The summed E-state index contributed by atoms with van der Waals surface area (Å²) in [6.45, 7) is 0.821. The molecule has 2 aromatic heterocycles. The lowest BCUT2D eigenvalue weighted by molar-refractivity contribution is -0.335. The summed E-state index contributed by atoms with van der Waals surface area (Å²) in [5.41, 5.74) is 10.4. The molecule has 5 heteroatoms. The highest BCUT2D eigenvalue weighted by Crippen LogP contribution is 2.31. The summed E-state index contributed by atoms with van der Waals surface area (Å²) < 4.78 is 3.57. The van der Waals surface area contributed by atoms with E-state index >= 15 is 0 Å². The van der Waals surface area contributed by atoms with Crippen LogP contribution in [0.2, 0.25) is 0 Å². The maximum atomic E-state index is 12.4. The van der Waals surface area contributed by atoms with Gasteiger partial charge >= 0.3 is 11.3 Å². The number of hydrogen-bond donors (Lipinski definition) is 1. The van der Waals surface area contributed by atoms with Crippen LogP contribution in [0.3, 0.4) is 0 Å². The van der Waals surface area contributed by atoms with Gasteiger partial charge in [0.1, 0.15) is 11.2 Å². The SMILES string of the molecule is Cn1c(=O)n(CC2CC2)c2ccc(-c3cccc(N)c3)[nH+]c21. The maximum absolute atomic E-state index is 12.4. The van der Waals surface area contributed by atoms with Crippen molar-refractivity contribution in [3.63, 3.8) is 0 Å². The predicted octanol–water partition coefficient (Wildman–Crippen LogP) is 1.81. The van der Waals surface area contributed by atoms with E-state index in [1.54, 1.807) is 4.57 Å². The van der Waals surface area contributed by atoms with Crippen molar-refractivity contribution in [3.8, 4) is 11.3 Å². The molecule has 22 heavy (non-hydrogen) atoms. The van der Waals surface area contributed by atoms with Gasteiger partial charge in [0, 0.05) is 17.8 Å². The smallest absolute Gasteiger partial charge is 0.399 e. The van der Waals surface area contributed by atoms with Crippen LogP contribution in [0.15, 0.2) is 41.2 Å². The second-order valence-corrected chi connectivity index (χ2v) is 6.13. The standard InChI is InChI=1S/C17H18N4O/c1-20-16-15(21(17(20)22)10-11-5-6-11)8-7-14(19-16)12-3-2-4-13(18)9-12/h2-4,7-9,11H,5-6,10,18H2,1H3/p+1. The number of rotatable bonds is 3. The normalized spacial score (nSPS) is 14.6. The Morgan fingerprint density at radius 3 is 2.82 bits per heavy atom. The van der Waals surface area contributed by atoms with E-state index in [-0.39, 0.29) is 5.69 Å². The van der Waals surface area contributed by atoms with Crippen molar-refractivity contribution in [2.45, 2.75) is 19.4 Å². The fourth-order valence-corrected chi connectivity index (χ4v) is 2.94. The quantitative estimate of drug-likeness (QED) is 0.749. The predicted molar refractivity (Wildman–Crippen MR) is 86.3 cm³/mol. The van der Waals surface area contributed by atoms with Gasteiger partial charge in [-0.3, -0.25) is 4.57 Å². The fraction of sp³-hybridized carbons (Fsp3) is 0.294. The summed E-state index contributed by atoms with van der Waals surface area (Å²) >= 11 is 0. The van der Waals surface area contributed by atoms with Crippen LogP contribution in [0.25, 0.3) is 22.4 Å². The minimum Gasteiger partial charge on any atom is -0.399 e. The Bertz CT molecular complexity index is 918. The largest absolute Gasteiger partial charge is 0.416 e. The molecule has 0 atom stereocenters. The zero-order chi connectivity index (χ0) is 15.3. The number of pyridine rings is 1. The monoisotopic (exact) mass is 295 g/mol. The van der Waals surface area contributed by atoms with E-state index in [0.717, 1.165) is 34.7 Å². The Hall–Kier alpha value is -2.56. The highest BCUT2D eigenvalue weighted by atomic mass is 16.1. The Labute approximate surface area is 128 Å². The van der Waals surface area contributed by atoms with Gasteiger partial charge in [-0.05, 0) is 43.0 Å². The Morgan fingerprint density at radius 2 is 2.09 bits per heavy atom. The number of H-pyrrole nitrogens is 1. The van der Waals surface area contributed by atoms with Gasteiger partial charge in [-0.2, -0.15) is 4.57 Å². The third kappa shape index (κ3) is 2.09. The third-order valence-corrected chi connectivity index (χ3v) is 4.38. The number of imidazole rings is 1. The first-order valence-corrected chi connectivity index (χ1v) is 7.61. The molecule has 1 aromatic carbocycles. The number of benzene rings is 1. The Balaban J connectivity index is 1.87. The highest BCUT2D eigenvalue weighted by molar-refractivity contribution is 5.72. The average Bonchev–Trinajstić information content (AvgIpc) is 3.31. The number of nitrogens with two attached hydrogens (primary N) is 1. The van der Waals surface area contributed by atoms with Crippen molar-refractivity contribution in [3.05, 3.63) is 46.9 Å². The number of aromatic amines is 1. The molecule has 0 spiro atoms. The van der Waals surface area contributed by atoms with Gasteiger partial charge in [-0.15, -0.1) is 0 Å². The van der Waals surface area contributed by atoms with Crippen LogP contribution < -0.4 is 16.4 Å². The van der Waals surface area contributed by atoms with Crippen molar-refractivity contribution in [1.29, 1.82) is 0 Å². The summed E-state index contributed by atoms with van der Waals surface area (Å²) in [5, 5.41) is 0. The van der Waals surface area contributed by atoms with Gasteiger partial charge in [0.15, 0.2) is 0 Å². The molecule has 3 aromatic rings. The first-order chi connectivity index (χ1) is 10.6. The van der Waals surface area contributed by atoms with Gasteiger partial charge in [-0.25, -0.2) is 9.78 Å². The molecule has 0 aliphatic heterocycles. The number of aromatic nitrogens is 3. The molecule has 0 bridgehead atoms. The molecule has 4 rings (SSSR count). The summed E-state index contributed by atoms with van der Waals surface area (Å²) in [7, 11) is 1.81. The van der Waals surface area contributed by atoms with E-state index in [9.17, 15) is 4.79 Å². The molecule has 1 saturated carbocycles. The summed E-state index contributed by atoms with van der Waals surface area (Å²) in [6.07, 6.45) is 2.46. The molecule has 1 fully saturated rings.